The smallest absolute Gasteiger partial charge is 0.307 e. The third kappa shape index (κ3) is 5.31. The van der Waals surface area contributed by atoms with E-state index in [4.69, 9.17) is 5.11 Å². The van der Waals surface area contributed by atoms with Crippen LogP contribution in [0.1, 0.15) is 18.4 Å². The standard InChI is InChI=1S/C16H22N2O3.ClH/c1-17(10-13-6-3-2-4-7-13)15(19)12-18-9-5-8-14(11-18)16(20)21;/h2-4,6-7,14H,5,8-12H2,1H3,(H,20,21);1H. The van der Waals surface area contributed by atoms with Gasteiger partial charge in [-0.25, -0.2) is 0 Å². The second-order valence-electron chi connectivity index (χ2n) is 5.65. The predicted octanol–water partition coefficient (Wildman–Crippen LogP) is 1.86. The van der Waals surface area contributed by atoms with Gasteiger partial charge in [-0.15, -0.1) is 12.4 Å². The number of carbonyl (C=O) groups is 2. The minimum absolute atomic E-state index is 0. The van der Waals surface area contributed by atoms with E-state index in [1.807, 2.05) is 35.2 Å². The van der Waals surface area contributed by atoms with E-state index in [1.165, 1.54) is 0 Å². The van der Waals surface area contributed by atoms with E-state index in [2.05, 4.69) is 0 Å². The average Bonchev–Trinajstić information content (AvgIpc) is 2.48. The summed E-state index contributed by atoms with van der Waals surface area (Å²) in [6.45, 7) is 2.15. The largest absolute Gasteiger partial charge is 0.481 e. The van der Waals surface area contributed by atoms with Crippen molar-refractivity contribution in [1.29, 1.82) is 0 Å². The Morgan fingerprint density at radius 3 is 2.64 bits per heavy atom. The van der Waals surface area contributed by atoms with Crippen LogP contribution in [0.3, 0.4) is 0 Å². The maximum atomic E-state index is 12.2. The van der Waals surface area contributed by atoms with Gasteiger partial charge in [-0.05, 0) is 24.9 Å². The van der Waals surface area contributed by atoms with Gasteiger partial charge in [0.2, 0.25) is 5.91 Å². The fourth-order valence-corrected chi connectivity index (χ4v) is 2.66. The molecule has 22 heavy (non-hydrogen) atoms. The zero-order valence-corrected chi connectivity index (χ0v) is 13.6. The molecule has 1 N–H and O–H groups in total. The van der Waals surface area contributed by atoms with Gasteiger partial charge in [0, 0.05) is 20.1 Å². The molecule has 0 aliphatic carbocycles. The van der Waals surface area contributed by atoms with E-state index in [-0.39, 0.29) is 24.2 Å². The third-order valence-corrected chi connectivity index (χ3v) is 3.90. The van der Waals surface area contributed by atoms with Crippen LogP contribution in [0.25, 0.3) is 0 Å². The number of nitrogens with zero attached hydrogens (tertiary/aromatic N) is 2. The number of hydrogen-bond acceptors (Lipinski definition) is 3. The topological polar surface area (TPSA) is 60.9 Å². The first-order chi connectivity index (χ1) is 10.1. The van der Waals surface area contributed by atoms with Gasteiger partial charge in [-0.2, -0.15) is 0 Å². The van der Waals surface area contributed by atoms with Crippen LogP contribution in [0, 0.1) is 5.92 Å². The Hall–Kier alpha value is -1.59. The average molecular weight is 327 g/mol. The molecule has 0 spiro atoms. The molecular weight excluding hydrogens is 304 g/mol. The van der Waals surface area contributed by atoms with Gasteiger partial charge < -0.3 is 10.0 Å². The minimum atomic E-state index is -0.759. The fourth-order valence-electron chi connectivity index (χ4n) is 2.66. The van der Waals surface area contributed by atoms with Crippen LogP contribution in [0.2, 0.25) is 0 Å². The molecule has 0 saturated carbocycles. The van der Waals surface area contributed by atoms with Gasteiger partial charge in [0.15, 0.2) is 0 Å². The van der Waals surface area contributed by atoms with Gasteiger partial charge in [-0.3, -0.25) is 14.5 Å². The number of halogens is 1. The molecule has 1 fully saturated rings. The molecule has 0 aromatic heterocycles. The zero-order valence-electron chi connectivity index (χ0n) is 12.8. The van der Waals surface area contributed by atoms with Crippen LogP contribution in [0.4, 0.5) is 0 Å². The maximum Gasteiger partial charge on any atom is 0.307 e. The summed E-state index contributed by atoms with van der Waals surface area (Å²) in [7, 11) is 1.79. The van der Waals surface area contributed by atoms with Crippen molar-refractivity contribution in [2.75, 3.05) is 26.7 Å². The Morgan fingerprint density at radius 1 is 1.32 bits per heavy atom. The Morgan fingerprint density at radius 2 is 2.00 bits per heavy atom. The number of likely N-dealkylation sites (N-methyl/N-ethyl adjacent to an activating group) is 1. The summed E-state index contributed by atoms with van der Waals surface area (Å²) in [5.41, 5.74) is 1.09. The Kier molecular flexibility index (Phi) is 7.35. The van der Waals surface area contributed by atoms with Crippen LogP contribution < -0.4 is 0 Å². The van der Waals surface area contributed by atoms with Crippen LogP contribution in [-0.2, 0) is 16.1 Å². The molecule has 0 bridgehead atoms. The highest BCUT2D eigenvalue weighted by Crippen LogP contribution is 2.16. The summed E-state index contributed by atoms with van der Waals surface area (Å²) < 4.78 is 0. The van der Waals surface area contributed by atoms with Gasteiger partial charge in [0.1, 0.15) is 0 Å². The van der Waals surface area contributed by atoms with E-state index in [0.29, 0.717) is 26.1 Å². The summed E-state index contributed by atoms with van der Waals surface area (Å²) >= 11 is 0. The van der Waals surface area contributed by atoms with Gasteiger partial charge in [0.05, 0.1) is 12.5 Å². The second-order valence-corrected chi connectivity index (χ2v) is 5.65. The molecule has 0 radical (unpaired) electrons. The number of rotatable bonds is 5. The van der Waals surface area contributed by atoms with Crippen LogP contribution in [0.15, 0.2) is 30.3 Å². The van der Waals surface area contributed by atoms with Crippen molar-refractivity contribution in [2.24, 2.45) is 5.92 Å². The number of piperidine rings is 1. The molecule has 1 aromatic rings. The number of hydrogen-bond donors (Lipinski definition) is 1. The van der Waals surface area contributed by atoms with Crippen molar-refractivity contribution in [1.82, 2.24) is 9.80 Å². The highest BCUT2D eigenvalue weighted by atomic mass is 35.5. The molecule has 1 unspecified atom stereocenters. The molecule has 1 aliphatic heterocycles. The molecule has 1 saturated heterocycles. The molecule has 1 atom stereocenters. The van der Waals surface area contributed by atoms with E-state index in [1.54, 1.807) is 11.9 Å². The molecule has 1 heterocycles. The number of carboxylic acid groups (broad SMARTS) is 1. The lowest BCUT2D eigenvalue weighted by atomic mass is 9.98. The third-order valence-electron chi connectivity index (χ3n) is 3.90. The van der Waals surface area contributed by atoms with E-state index < -0.39 is 5.97 Å². The predicted molar refractivity (Wildman–Crippen MR) is 87.0 cm³/mol. The Bertz CT molecular complexity index is 495. The number of carboxylic acids is 1. The fraction of sp³-hybridized carbons (Fsp3) is 0.500. The van der Waals surface area contributed by atoms with Gasteiger partial charge >= 0.3 is 5.97 Å². The van der Waals surface area contributed by atoms with Crippen LogP contribution in [-0.4, -0.2) is 53.5 Å². The molecular formula is C16H23ClN2O3. The first-order valence-electron chi connectivity index (χ1n) is 7.29. The van der Waals surface area contributed by atoms with E-state index in [9.17, 15) is 9.59 Å². The number of aliphatic carboxylic acids is 1. The summed E-state index contributed by atoms with van der Waals surface area (Å²) in [5, 5.41) is 9.07. The zero-order chi connectivity index (χ0) is 15.2. The number of amides is 1. The quantitative estimate of drug-likeness (QED) is 0.897. The van der Waals surface area contributed by atoms with E-state index >= 15 is 0 Å². The lowest BCUT2D eigenvalue weighted by Gasteiger charge is -2.31. The van der Waals surface area contributed by atoms with Crippen molar-refractivity contribution in [3.8, 4) is 0 Å². The molecule has 122 valence electrons. The van der Waals surface area contributed by atoms with Crippen molar-refractivity contribution in [3.05, 3.63) is 35.9 Å². The van der Waals surface area contributed by atoms with Crippen molar-refractivity contribution in [2.45, 2.75) is 19.4 Å². The first-order valence-corrected chi connectivity index (χ1v) is 7.29. The minimum Gasteiger partial charge on any atom is -0.481 e. The van der Waals surface area contributed by atoms with Gasteiger partial charge in [-0.1, -0.05) is 30.3 Å². The molecule has 6 heteroatoms. The summed E-state index contributed by atoms with van der Waals surface area (Å²) in [5.74, 6) is -1.07. The van der Waals surface area contributed by atoms with E-state index in [0.717, 1.165) is 18.5 Å². The lowest BCUT2D eigenvalue weighted by Crippen LogP contribution is -2.44. The molecule has 1 amide bonds. The van der Waals surface area contributed by atoms with Gasteiger partial charge in [0.25, 0.3) is 0 Å². The first kappa shape index (κ1) is 18.5. The van der Waals surface area contributed by atoms with Crippen molar-refractivity contribution >= 4 is 24.3 Å². The number of benzene rings is 1. The highest BCUT2D eigenvalue weighted by Gasteiger charge is 2.26. The SMILES string of the molecule is CN(Cc1ccccc1)C(=O)CN1CCCC(C(=O)O)C1.Cl. The lowest BCUT2D eigenvalue weighted by molar-refractivity contribution is -0.144. The summed E-state index contributed by atoms with van der Waals surface area (Å²) in [6.07, 6.45) is 1.55. The Balaban J connectivity index is 0.00000242. The van der Waals surface area contributed by atoms with Crippen LogP contribution >= 0.6 is 12.4 Å². The number of carbonyl (C=O) groups excluding carboxylic acids is 1. The Labute approximate surface area is 137 Å². The molecule has 2 rings (SSSR count). The normalized spacial score (nSPS) is 18.3. The van der Waals surface area contributed by atoms with Crippen molar-refractivity contribution < 1.29 is 14.7 Å². The number of likely N-dealkylation sites (tertiary alicyclic amines) is 1. The van der Waals surface area contributed by atoms with Crippen LogP contribution in [0.5, 0.6) is 0 Å². The van der Waals surface area contributed by atoms with Crippen molar-refractivity contribution in [3.63, 3.8) is 0 Å². The molecule has 5 nitrogen and oxygen atoms in total. The summed E-state index contributed by atoms with van der Waals surface area (Å²) in [6, 6.07) is 9.84. The molecule has 1 aliphatic rings. The summed E-state index contributed by atoms with van der Waals surface area (Å²) in [4.78, 5) is 26.9. The molecule has 1 aromatic carbocycles. The second kappa shape index (κ2) is 8.76. The monoisotopic (exact) mass is 326 g/mol. The highest BCUT2D eigenvalue weighted by molar-refractivity contribution is 5.85. The maximum absolute atomic E-state index is 12.2.